The van der Waals surface area contributed by atoms with E-state index in [1.807, 2.05) is 38.2 Å². The molecule has 7 rings (SSSR count). The van der Waals surface area contributed by atoms with Crippen molar-refractivity contribution in [2.75, 3.05) is 45.3 Å². The molecule has 12 nitrogen and oxygen atoms in total. The number of likely N-dealkylation sites (tertiary alicyclic amines) is 1. The lowest BCUT2D eigenvalue weighted by Crippen LogP contribution is -2.57. The number of methoxy groups -OCH3 is 2. The first-order valence-electron chi connectivity index (χ1n) is 16.2. The highest BCUT2D eigenvalue weighted by atomic mass is 16.5. The van der Waals surface area contributed by atoms with E-state index in [1.165, 1.54) is 0 Å². The summed E-state index contributed by atoms with van der Waals surface area (Å²) in [6.45, 7) is 7.91. The Morgan fingerprint density at radius 3 is 2.25 bits per heavy atom. The van der Waals surface area contributed by atoms with Crippen LogP contribution in [-0.4, -0.2) is 84.4 Å². The number of imide groups is 2. The van der Waals surface area contributed by atoms with Crippen LogP contribution >= 0.6 is 0 Å². The number of benzene rings is 2. The minimum absolute atomic E-state index is 0. The van der Waals surface area contributed by atoms with Crippen LogP contribution in [0.15, 0.2) is 41.3 Å². The number of anilines is 1. The summed E-state index contributed by atoms with van der Waals surface area (Å²) < 4.78 is 13.4. The Morgan fingerprint density at radius 1 is 0.896 bits per heavy atom. The zero-order valence-electron chi connectivity index (χ0n) is 27.8. The van der Waals surface area contributed by atoms with E-state index in [1.54, 1.807) is 38.0 Å². The van der Waals surface area contributed by atoms with Crippen molar-refractivity contribution >= 4 is 29.3 Å². The average Bonchev–Trinajstić information content (AvgIpc) is 3.59. The Labute approximate surface area is 279 Å². The molecule has 4 aliphatic heterocycles. The highest BCUT2D eigenvalue weighted by Gasteiger charge is 2.49. The zero-order chi connectivity index (χ0) is 34.1. The van der Waals surface area contributed by atoms with E-state index in [4.69, 9.17) is 9.47 Å². The second-order valence-electron chi connectivity index (χ2n) is 13.6. The Bertz CT molecular complexity index is 1940. The molecule has 2 aromatic carbocycles. The van der Waals surface area contributed by atoms with Crippen molar-refractivity contribution in [3.05, 3.63) is 74.7 Å². The number of fused-ring (bicyclic) bond motifs is 1. The molecule has 252 valence electrons. The van der Waals surface area contributed by atoms with Crippen LogP contribution in [-0.2, 0) is 23.2 Å². The van der Waals surface area contributed by atoms with Gasteiger partial charge in [-0.3, -0.25) is 39.1 Å². The summed E-state index contributed by atoms with van der Waals surface area (Å²) in [4.78, 5) is 68.6. The quantitative estimate of drug-likeness (QED) is 0.382. The first-order chi connectivity index (χ1) is 22.9. The minimum atomic E-state index is -0.981. The number of rotatable bonds is 7. The number of piperidine rings is 1. The van der Waals surface area contributed by atoms with Gasteiger partial charge in [-0.05, 0) is 74.7 Å². The summed E-state index contributed by atoms with van der Waals surface area (Å²) in [7, 11) is 5.08. The minimum Gasteiger partial charge on any atom is -0.496 e. The van der Waals surface area contributed by atoms with Gasteiger partial charge in [0.05, 0.1) is 30.9 Å². The second-order valence-corrected chi connectivity index (χ2v) is 13.6. The van der Waals surface area contributed by atoms with Gasteiger partial charge in [-0.1, -0.05) is 0 Å². The number of aryl methyl sites for hydroxylation is 1. The predicted octanol–water partition coefficient (Wildman–Crippen LogP) is 3.05. The van der Waals surface area contributed by atoms with Crippen molar-refractivity contribution in [3.63, 3.8) is 0 Å². The summed E-state index contributed by atoms with van der Waals surface area (Å²) in [6, 6.07) is 8.34. The lowest BCUT2D eigenvalue weighted by molar-refractivity contribution is -0.136. The third kappa shape index (κ3) is 5.06. The Balaban J connectivity index is 0.00000417. The van der Waals surface area contributed by atoms with E-state index < -0.39 is 29.7 Å². The van der Waals surface area contributed by atoms with Gasteiger partial charge in [0.2, 0.25) is 11.8 Å². The maximum absolute atomic E-state index is 13.3. The highest BCUT2D eigenvalue weighted by molar-refractivity contribution is 6.23. The van der Waals surface area contributed by atoms with E-state index in [0.717, 1.165) is 76.9 Å². The number of ether oxygens (including phenoxy) is 2. The number of carbonyl (C=O) groups is 4. The fraction of sp³-hybridized carbons (Fsp3) is 0.417. The average molecular weight is 656 g/mol. The number of carbonyl (C=O) groups excluding carboxylic acids is 4. The van der Waals surface area contributed by atoms with Crippen LogP contribution in [0, 0.1) is 19.3 Å². The third-order valence-corrected chi connectivity index (χ3v) is 10.6. The first-order valence-corrected chi connectivity index (χ1v) is 16.2. The number of nitrogens with one attached hydrogen (secondary N) is 1. The van der Waals surface area contributed by atoms with Gasteiger partial charge in [0.25, 0.3) is 17.4 Å². The lowest BCUT2D eigenvalue weighted by Gasteiger charge is -2.49. The number of amides is 4. The molecule has 48 heavy (non-hydrogen) atoms. The van der Waals surface area contributed by atoms with E-state index in [9.17, 15) is 24.0 Å². The third-order valence-electron chi connectivity index (χ3n) is 10.6. The van der Waals surface area contributed by atoms with Crippen LogP contribution in [0.5, 0.6) is 11.5 Å². The number of pyridine rings is 1. The Morgan fingerprint density at radius 2 is 1.58 bits per heavy atom. The number of aromatic nitrogens is 1. The normalized spacial score (nSPS) is 20.3. The maximum atomic E-state index is 13.3. The molecule has 3 aromatic rings. The standard InChI is InChI=1S/C36H39N5O7.H2/c1-20-21(2)33(44)38(3)15-26(20)22-12-29(47-4)27(30(13-22)48-5)16-39-11-10-36(17-39)18-40(19-36)23-6-7-24-25(14-23)35(46)41(34(24)45)28-8-9-31(42)37-32(28)43;/h6-7,12-15,28H,8-11,16-19H2,1-5H3,(H,37,42,43);1H. The van der Waals surface area contributed by atoms with Crippen LogP contribution in [0.25, 0.3) is 11.1 Å². The molecule has 0 aliphatic carbocycles. The molecule has 4 amide bonds. The Kier molecular flexibility index (Phi) is 7.66. The SMILES string of the molecule is COc1cc(-c2cn(C)c(=O)c(C)c2C)cc(OC)c1CN1CCC2(C1)CN(c1ccc3c(c1)C(=O)N(C1CCC(=O)NC1=O)C3=O)C2.[HH]. The van der Waals surface area contributed by atoms with E-state index in [0.29, 0.717) is 17.7 Å². The second kappa shape index (κ2) is 11.6. The molecule has 12 heteroatoms. The van der Waals surface area contributed by atoms with E-state index in [-0.39, 0.29) is 30.8 Å². The van der Waals surface area contributed by atoms with Gasteiger partial charge < -0.3 is 18.9 Å². The molecule has 1 unspecified atom stereocenters. The molecule has 1 atom stereocenters. The maximum Gasteiger partial charge on any atom is 0.262 e. The molecule has 1 aromatic heterocycles. The molecule has 1 spiro atoms. The lowest BCUT2D eigenvalue weighted by atomic mass is 9.78. The summed E-state index contributed by atoms with van der Waals surface area (Å²) in [6.07, 6.45) is 3.09. The fourth-order valence-corrected chi connectivity index (χ4v) is 7.81. The summed E-state index contributed by atoms with van der Waals surface area (Å²) >= 11 is 0. The summed E-state index contributed by atoms with van der Waals surface area (Å²) in [5, 5.41) is 2.24. The summed E-state index contributed by atoms with van der Waals surface area (Å²) in [5.74, 6) is -0.542. The first kappa shape index (κ1) is 31.6. The van der Waals surface area contributed by atoms with Gasteiger partial charge in [0, 0.05) is 69.5 Å². The van der Waals surface area contributed by atoms with Gasteiger partial charge in [-0.15, -0.1) is 0 Å². The molecular weight excluding hydrogens is 614 g/mol. The smallest absolute Gasteiger partial charge is 0.262 e. The van der Waals surface area contributed by atoms with Crippen molar-refractivity contribution in [1.82, 2.24) is 19.7 Å². The predicted molar refractivity (Wildman–Crippen MR) is 179 cm³/mol. The van der Waals surface area contributed by atoms with E-state index in [2.05, 4.69) is 15.1 Å². The molecular formula is C36H41N5O7. The van der Waals surface area contributed by atoms with Crippen LogP contribution in [0.2, 0.25) is 0 Å². The van der Waals surface area contributed by atoms with Crippen LogP contribution in [0.3, 0.4) is 0 Å². The van der Waals surface area contributed by atoms with Gasteiger partial charge in [-0.25, -0.2) is 0 Å². The van der Waals surface area contributed by atoms with Gasteiger partial charge in [0.1, 0.15) is 17.5 Å². The molecule has 1 N–H and O–H groups in total. The fourth-order valence-electron chi connectivity index (χ4n) is 7.81. The molecule has 5 heterocycles. The van der Waals surface area contributed by atoms with Crippen molar-refractivity contribution in [3.8, 4) is 22.6 Å². The van der Waals surface area contributed by atoms with Crippen LogP contribution in [0.1, 0.15) is 58.1 Å². The number of nitrogens with zero attached hydrogens (tertiary/aromatic N) is 4. The largest absolute Gasteiger partial charge is 0.496 e. The van der Waals surface area contributed by atoms with Gasteiger partial charge in [-0.2, -0.15) is 0 Å². The van der Waals surface area contributed by atoms with Gasteiger partial charge >= 0.3 is 0 Å². The van der Waals surface area contributed by atoms with Crippen molar-refractivity contribution in [2.45, 2.75) is 45.7 Å². The molecule has 4 aliphatic rings. The van der Waals surface area contributed by atoms with Crippen LogP contribution < -0.4 is 25.2 Å². The molecule has 0 radical (unpaired) electrons. The molecule has 0 bridgehead atoms. The molecule has 0 saturated carbocycles. The van der Waals surface area contributed by atoms with Crippen molar-refractivity contribution in [1.29, 1.82) is 0 Å². The van der Waals surface area contributed by atoms with Crippen molar-refractivity contribution < 1.29 is 30.1 Å². The monoisotopic (exact) mass is 655 g/mol. The number of hydrogen-bond donors (Lipinski definition) is 1. The number of hydrogen-bond acceptors (Lipinski definition) is 9. The molecule has 3 saturated heterocycles. The van der Waals surface area contributed by atoms with Crippen LogP contribution in [0.4, 0.5) is 5.69 Å². The van der Waals surface area contributed by atoms with Crippen molar-refractivity contribution in [2.24, 2.45) is 12.5 Å². The zero-order valence-corrected chi connectivity index (χ0v) is 27.8. The topological polar surface area (TPSA) is 130 Å². The Hall–Kier alpha value is -4.97. The highest BCUT2D eigenvalue weighted by Crippen LogP contribution is 2.45. The van der Waals surface area contributed by atoms with Gasteiger partial charge in [0.15, 0.2) is 0 Å². The summed E-state index contributed by atoms with van der Waals surface area (Å²) in [5.41, 5.74) is 6.01. The van der Waals surface area contributed by atoms with E-state index >= 15 is 0 Å². The molecule has 3 fully saturated rings.